The molecule has 0 unspecified atom stereocenters. The molecule has 8 nitrogen and oxygen atoms in total. The quantitative estimate of drug-likeness (QED) is 0.357. The highest BCUT2D eigenvalue weighted by atomic mass is 32.2. The molecule has 12 heteroatoms. The number of rotatable bonds is 7. The van der Waals surface area contributed by atoms with Gasteiger partial charge < -0.3 is 15.5 Å². The molecule has 1 saturated heterocycles. The molecule has 0 aliphatic carbocycles. The van der Waals surface area contributed by atoms with E-state index in [9.17, 15) is 26.4 Å². The van der Waals surface area contributed by atoms with E-state index in [4.69, 9.17) is 0 Å². The first-order valence-electron chi connectivity index (χ1n) is 8.38. The molecule has 0 saturated carbocycles. The summed E-state index contributed by atoms with van der Waals surface area (Å²) in [6.45, 7) is 3.99. The number of nitrogens with zero attached hydrogens (tertiary/aromatic N) is 3. The highest BCUT2D eigenvalue weighted by molar-refractivity contribution is 7.90. The molecule has 0 aromatic carbocycles. The lowest BCUT2D eigenvalue weighted by Crippen LogP contribution is -2.47. The molecule has 1 heterocycles. The van der Waals surface area contributed by atoms with Crippen LogP contribution in [0, 0.1) is 5.92 Å². The Hall–Kier alpha value is -1.82. The molecule has 1 aliphatic rings. The second-order valence-corrected chi connectivity index (χ2v) is 8.23. The average Bonchev–Trinajstić information content (AvgIpc) is 2.60. The molecule has 0 aromatic heterocycles. The van der Waals surface area contributed by atoms with Gasteiger partial charge in [-0.25, -0.2) is 13.4 Å². The van der Waals surface area contributed by atoms with Crippen LogP contribution in [0.15, 0.2) is 17.6 Å². The molecule has 1 aliphatic heterocycles. The van der Waals surface area contributed by atoms with E-state index < -0.39 is 15.5 Å². The molecule has 0 spiro atoms. The molecule has 156 valence electrons. The Morgan fingerprint density at radius 1 is 1.30 bits per heavy atom. The summed E-state index contributed by atoms with van der Waals surface area (Å²) < 4.78 is 61.1. The fourth-order valence-corrected chi connectivity index (χ4v) is 3.36. The van der Waals surface area contributed by atoms with Crippen molar-refractivity contribution in [2.45, 2.75) is 18.3 Å². The second-order valence-electron chi connectivity index (χ2n) is 6.30. The number of carbonyl (C=O) groups is 1. The number of carbonyl (C=O) groups excluding carboxylic acids is 1. The summed E-state index contributed by atoms with van der Waals surface area (Å²) in [6, 6.07) is 0. The normalized spacial score (nSPS) is 17.4. The van der Waals surface area contributed by atoms with Crippen molar-refractivity contribution in [3.8, 4) is 0 Å². The molecule has 0 atom stereocenters. The maximum Gasteiger partial charge on any atom is 0.511 e. The number of hydrogen-bond acceptors (Lipinski definition) is 4. The van der Waals surface area contributed by atoms with E-state index in [-0.39, 0.29) is 31.5 Å². The highest BCUT2D eigenvalue weighted by Gasteiger charge is 2.50. The van der Waals surface area contributed by atoms with Crippen molar-refractivity contribution < 1.29 is 26.4 Å². The minimum Gasteiger partial charge on any atom is -0.356 e. The summed E-state index contributed by atoms with van der Waals surface area (Å²) in [7, 11) is -2.04. The number of likely N-dealkylation sites (N-methyl/N-ethyl adjacent to an activating group) is 1. The maximum atomic E-state index is 12.6. The van der Waals surface area contributed by atoms with Crippen molar-refractivity contribution in [2.75, 3.05) is 46.8 Å². The summed E-state index contributed by atoms with van der Waals surface area (Å²) in [6.07, 6.45) is 2.22. The molecule has 1 rings (SSSR count). The summed E-state index contributed by atoms with van der Waals surface area (Å²) >= 11 is 0. The standard InChI is InChI=1S/C15H26F3N5O3S/c1-4-7-19-14(21-11-13(24)22(2)3)20-10-12-5-8-23(9-6-12)27(25,26)15(16,17)18/h4,12H,1,5-11H2,2-3H3,(H2,19,20,21). The van der Waals surface area contributed by atoms with Gasteiger partial charge in [-0.15, -0.1) is 6.58 Å². The van der Waals surface area contributed by atoms with Crippen LogP contribution in [0.2, 0.25) is 0 Å². The zero-order chi connectivity index (χ0) is 20.7. The van der Waals surface area contributed by atoms with Crippen molar-refractivity contribution in [3.63, 3.8) is 0 Å². The molecule has 2 N–H and O–H groups in total. The van der Waals surface area contributed by atoms with Crippen LogP contribution < -0.4 is 10.6 Å². The van der Waals surface area contributed by atoms with Crippen molar-refractivity contribution in [1.82, 2.24) is 19.8 Å². The second kappa shape index (κ2) is 9.93. The zero-order valence-electron chi connectivity index (χ0n) is 15.4. The Kier molecular flexibility index (Phi) is 8.54. The van der Waals surface area contributed by atoms with Crippen molar-refractivity contribution in [2.24, 2.45) is 10.9 Å². The van der Waals surface area contributed by atoms with Gasteiger partial charge in [-0.1, -0.05) is 6.08 Å². The third-order valence-electron chi connectivity index (χ3n) is 4.05. The van der Waals surface area contributed by atoms with E-state index in [0.29, 0.717) is 36.2 Å². The largest absolute Gasteiger partial charge is 0.511 e. The van der Waals surface area contributed by atoms with E-state index >= 15 is 0 Å². The maximum absolute atomic E-state index is 12.6. The van der Waals surface area contributed by atoms with Gasteiger partial charge in [0.15, 0.2) is 5.96 Å². The number of hydrogen-bond donors (Lipinski definition) is 2. The summed E-state index contributed by atoms with van der Waals surface area (Å²) in [5.41, 5.74) is -5.27. The third-order valence-corrected chi connectivity index (χ3v) is 5.68. The van der Waals surface area contributed by atoms with Crippen molar-refractivity contribution >= 4 is 21.9 Å². The summed E-state index contributed by atoms with van der Waals surface area (Å²) in [5.74, 6) is 0.195. The minimum atomic E-state index is -5.27. The summed E-state index contributed by atoms with van der Waals surface area (Å²) in [4.78, 5) is 17.2. The minimum absolute atomic E-state index is 0.00929. The lowest BCUT2D eigenvalue weighted by atomic mass is 9.98. The van der Waals surface area contributed by atoms with Crippen LogP contribution in [0.25, 0.3) is 0 Å². The number of guanidine groups is 1. The number of nitrogens with one attached hydrogen (secondary N) is 2. The first kappa shape index (κ1) is 23.2. The van der Waals surface area contributed by atoms with Gasteiger partial charge in [0, 0.05) is 40.3 Å². The van der Waals surface area contributed by atoms with Crippen LogP contribution in [-0.4, -0.2) is 81.8 Å². The van der Waals surface area contributed by atoms with Gasteiger partial charge in [0.1, 0.15) is 6.54 Å². The molecule has 0 aromatic rings. The molecule has 1 fully saturated rings. The monoisotopic (exact) mass is 413 g/mol. The van der Waals surface area contributed by atoms with Gasteiger partial charge in [0.05, 0.1) is 0 Å². The van der Waals surface area contributed by atoms with Crippen LogP contribution in [0.4, 0.5) is 13.2 Å². The third kappa shape index (κ3) is 7.01. The van der Waals surface area contributed by atoms with Crippen LogP contribution in [-0.2, 0) is 14.8 Å². The Morgan fingerprint density at radius 2 is 1.89 bits per heavy atom. The number of aliphatic imine (C=N–C) groups is 1. The number of sulfonamides is 1. The Bertz CT molecular complexity index is 642. The topological polar surface area (TPSA) is 94.1 Å². The van der Waals surface area contributed by atoms with E-state index in [1.165, 1.54) is 4.90 Å². The predicted molar refractivity (Wildman–Crippen MR) is 96.5 cm³/mol. The number of halogens is 3. The number of alkyl halides is 3. The average molecular weight is 413 g/mol. The van der Waals surface area contributed by atoms with E-state index in [2.05, 4.69) is 22.2 Å². The SMILES string of the molecule is C=CCNC(=NCC(=O)N(C)C)NCC1CCN(S(=O)(=O)C(F)(F)F)CC1. The first-order chi connectivity index (χ1) is 12.5. The lowest BCUT2D eigenvalue weighted by molar-refractivity contribution is -0.127. The molecule has 0 bridgehead atoms. The van der Waals surface area contributed by atoms with Crippen LogP contribution in [0.5, 0.6) is 0 Å². The predicted octanol–water partition coefficient (Wildman–Crippen LogP) is 0.357. The van der Waals surface area contributed by atoms with E-state index in [0.717, 1.165) is 0 Å². The number of piperidine rings is 1. The van der Waals surface area contributed by atoms with Gasteiger partial charge in [0.25, 0.3) is 0 Å². The van der Waals surface area contributed by atoms with Gasteiger partial charge in [-0.3, -0.25) is 4.79 Å². The fraction of sp³-hybridized carbons (Fsp3) is 0.733. The van der Waals surface area contributed by atoms with Crippen molar-refractivity contribution in [1.29, 1.82) is 0 Å². The zero-order valence-corrected chi connectivity index (χ0v) is 16.2. The first-order valence-corrected chi connectivity index (χ1v) is 9.82. The lowest BCUT2D eigenvalue weighted by Gasteiger charge is -2.31. The van der Waals surface area contributed by atoms with Crippen molar-refractivity contribution in [3.05, 3.63) is 12.7 Å². The van der Waals surface area contributed by atoms with Gasteiger partial charge in [-0.05, 0) is 18.8 Å². The molecular formula is C15H26F3N5O3S. The van der Waals surface area contributed by atoms with Gasteiger partial charge in [0.2, 0.25) is 5.91 Å². The molecular weight excluding hydrogens is 387 g/mol. The van der Waals surface area contributed by atoms with Gasteiger partial charge in [-0.2, -0.15) is 17.5 Å². The van der Waals surface area contributed by atoms with E-state index in [1.807, 2.05) is 0 Å². The molecule has 1 amide bonds. The van der Waals surface area contributed by atoms with Crippen LogP contribution >= 0.6 is 0 Å². The smallest absolute Gasteiger partial charge is 0.356 e. The van der Waals surface area contributed by atoms with Crippen LogP contribution in [0.1, 0.15) is 12.8 Å². The van der Waals surface area contributed by atoms with Gasteiger partial charge >= 0.3 is 15.5 Å². The molecule has 27 heavy (non-hydrogen) atoms. The summed E-state index contributed by atoms with van der Waals surface area (Å²) in [5, 5.41) is 5.98. The Morgan fingerprint density at radius 3 is 2.37 bits per heavy atom. The Balaban J connectivity index is 2.57. The fourth-order valence-electron chi connectivity index (χ4n) is 2.37. The number of amides is 1. The van der Waals surface area contributed by atoms with Crippen LogP contribution in [0.3, 0.4) is 0 Å². The molecule has 0 radical (unpaired) electrons. The van der Waals surface area contributed by atoms with E-state index in [1.54, 1.807) is 20.2 Å². The highest BCUT2D eigenvalue weighted by Crippen LogP contribution is 2.30. The Labute approximate surface area is 157 Å².